The third-order valence-corrected chi connectivity index (χ3v) is 6.75. The number of benzene rings is 1. The number of rotatable bonds is 8. The fourth-order valence-corrected chi connectivity index (χ4v) is 4.52. The lowest BCUT2D eigenvalue weighted by atomic mass is 10.2. The Labute approximate surface area is 198 Å². The predicted octanol–water partition coefficient (Wildman–Crippen LogP) is 4.99. The zero-order valence-corrected chi connectivity index (χ0v) is 19.6. The first-order valence-corrected chi connectivity index (χ1v) is 12.7. The third kappa shape index (κ3) is 7.24. The predicted molar refractivity (Wildman–Crippen MR) is 134 cm³/mol. The second-order valence-corrected chi connectivity index (χ2v) is 10.1. The molecule has 0 aliphatic heterocycles. The summed E-state index contributed by atoms with van der Waals surface area (Å²) in [6, 6.07) is 10.6. The quantitative estimate of drug-likeness (QED) is 0.402. The van der Waals surface area contributed by atoms with Crippen LogP contribution in [0.5, 0.6) is 0 Å². The molecule has 33 heavy (non-hydrogen) atoms. The smallest absolute Gasteiger partial charge is 0.442 e. The molecule has 0 radical (unpaired) electrons. The lowest BCUT2D eigenvalue weighted by molar-refractivity contribution is 0.164. The van der Waals surface area contributed by atoms with Gasteiger partial charge < -0.3 is 20.5 Å². The molecule has 11 heteroatoms. The molecule has 9 nitrogen and oxygen atoms in total. The van der Waals surface area contributed by atoms with Gasteiger partial charge in [-0.2, -0.15) is 4.98 Å². The molecule has 0 aliphatic rings. The maximum absolute atomic E-state index is 12.7. The summed E-state index contributed by atoms with van der Waals surface area (Å²) >= 11 is 1.57. The standard InChI is InChI=1S/C21H25N5O4S2.CH4/c1-4-30-21(28)26-32(3,29)16-9-7-15(8-10-16)24-20-23-13-17(18-6-5-11-31-18)19(25-20)22-12-14(2)27;/h5-11,13-14,27H,4,12H2,1-3H3,(H2,22,23,24,25);1H4/t14-,32?;/m0./s1. The average Bonchev–Trinajstić information content (AvgIpc) is 3.27. The Morgan fingerprint density at radius 2 is 2.03 bits per heavy atom. The van der Waals surface area contributed by atoms with Gasteiger partial charge in [-0.05, 0) is 49.6 Å². The summed E-state index contributed by atoms with van der Waals surface area (Å²) in [7, 11) is -2.92. The van der Waals surface area contributed by atoms with Crippen LogP contribution in [0.4, 0.5) is 22.2 Å². The molecule has 0 bridgehead atoms. The van der Waals surface area contributed by atoms with E-state index >= 15 is 0 Å². The highest BCUT2D eigenvalue weighted by molar-refractivity contribution is 7.93. The highest BCUT2D eigenvalue weighted by atomic mass is 32.2. The van der Waals surface area contributed by atoms with E-state index in [4.69, 9.17) is 4.74 Å². The van der Waals surface area contributed by atoms with E-state index in [0.29, 0.717) is 28.9 Å². The van der Waals surface area contributed by atoms with Crippen LogP contribution >= 0.6 is 11.3 Å². The Balaban J connectivity index is 0.00000385. The number of carbonyl (C=O) groups is 1. The molecule has 3 N–H and O–H groups in total. The molecule has 2 heterocycles. The molecular formula is C22H29N5O4S2. The van der Waals surface area contributed by atoms with Crippen LogP contribution in [0, 0.1) is 0 Å². The molecule has 3 aromatic rings. The van der Waals surface area contributed by atoms with Crippen LogP contribution in [-0.2, 0) is 14.5 Å². The van der Waals surface area contributed by atoms with Gasteiger partial charge in [0.15, 0.2) is 0 Å². The van der Waals surface area contributed by atoms with E-state index in [0.717, 1.165) is 10.4 Å². The van der Waals surface area contributed by atoms with Crippen LogP contribution in [0.25, 0.3) is 10.4 Å². The number of aliphatic hydroxyl groups is 1. The van der Waals surface area contributed by atoms with Crippen LogP contribution in [0.15, 0.2) is 57.2 Å². The van der Waals surface area contributed by atoms with Crippen molar-refractivity contribution in [3.63, 3.8) is 0 Å². The lowest BCUT2D eigenvalue weighted by Crippen LogP contribution is -2.17. The first-order valence-electron chi connectivity index (χ1n) is 9.87. The van der Waals surface area contributed by atoms with Crippen molar-refractivity contribution in [2.75, 3.05) is 30.0 Å². The van der Waals surface area contributed by atoms with Crippen molar-refractivity contribution >= 4 is 44.6 Å². The number of aromatic nitrogens is 2. The van der Waals surface area contributed by atoms with Gasteiger partial charge in [-0.3, -0.25) is 0 Å². The van der Waals surface area contributed by atoms with E-state index in [1.165, 1.54) is 6.26 Å². The summed E-state index contributed by atoms with van der Waals surface area (Å²) in [5.41, 5.74) is 1.51. The number of nitrogens with one attached hydrogen (secondary N) is 2. The van der Waals surface area contributed by atoms with E-state index in [9.17, 15) is 14.1 Å². The minimum Gasteiger partial charge on any atom is -0.448 e. The molecule has 2 atom stereocenters. The van der Waals surface area contributed by atoms with E-state index in [1.54, 1.807) is 55.6 Å². The Bertz CT molecular complexity index is 1170. The highest BCUT2D eigenvalue weighted by Crippen LogP contribution is 2.31. The van der Waals surface area contributed by atoms with Gasteiger partial charge in [0.1, 0.15) is 5.82 Å². The van der Waals surface area contributed by atoms with Gasteiger partial charge in [0.2, 0.25) is 5.95 Å². The van der Waals surface area contributed by atoms with Gasteiger partial charge in [0.25, 0.3) is 0 Å². The van der Waals surface area contributed by atoms with Gasteiger partial charge in [0, 0.05) is 34.5 Å². The molecule has 0 fully saturated rings. The van der Waals surface area contributed by atoms with Gasteiger partial charge >= 0.3 is 6.09 Å². The van der Waals surface area contributed by atoms with Crippen molar-refractivity contribution in [1.82, 2.24) is 9.97 Å². The van der Waals surface area contributed by atoms with Crippen molar-refractivity contribution < 1.29 is 18.8 Å². The van der Waals surface area contributed by atoms with E-state index < -0.39 is 21.9 Å². The summed E-state index contributed by atoms with van der Waals surface area (Å²) in [4.78, 5) is 21.9. The summed E-state index contributed by atoms with van der Waals surface area (Å²) < 4.78 is 21.1. The number of aliphatic hydroxyl groups excluding tert-OH is 1. The van der Waals surface area contributed by atoms with Crippen molar-refractivity contribution in [3.05, 3.63) is 48.0 Å². The van der Waals surface area contributed by atoms with Crippen LogP contribution in [-0.4, -0.2) is 50.9 Å². The maximum Gasteiger partial charge on any atom is 0.442 e. The molecular weight excluding hydrogens is 462 g/mol. The minimum absolute atomic E-state index is 0. The second kappa shape index (κ2) is 11.7. The number of ether oxygens (including phenoxy) is 1. The van der Waals surface area contributed by atoms with Crippen LogP contribution in [0.1, 0.15) is 21.3 Å². The van der Waals surface area contributed by atoms with Gasteiger partial charge in [-0.15, -0.1) is 15.7 Å². The minimum atomic E-state index is -2.92. The number of anilines is 3. The van der Waals surface area contributed by atoms with E-state index in [-0.39, 0.29) is 14.0 Å². The monoisotopic (exact) mass is 491 g/mol. The summed E-state index contributed by atoms with van der Waals surface area (Å²) in [6.07, 6.45) is 1.73. The highest BCUT2D eigenvalue weighted by Gasteiger charge is 2.13. The molecule has 178 valence electrons. The number of thiophene rings is 1. The maximum atomic E-state index is 12.7. The molecule has 1 unspecified atom stereocenters. The Morgan fingerprint density at radius 1 is 1.30 bits per heavy atom. The van der Waals surface area contributed by atoms with Gasteiger partial charge in [-0.25, -0.2) is 14.0 Å². The fourth-order valence-electron chi connectivity index (χ4n) is 2.70. The Kier molecular flexibility index (Phi) is 9.32. The summed E-state index contributed by atoms with van der Waals surface area (Å²) in [5.74, 6) is 0.965. The molecule has 0 aliphatic carbocycles. The number of hydrogen-bond donors (Lipinski definition) is 3. The average molecular weight is 492 g/mol. The normalized spacial score (nSPS) is 13.2. The zero-order chi connectivity index (χ0) is 23.1. The van der Waals surface area contributed by atoms with Crippen molar-refractivity contribution in [3.8, 4) is 10.4 Å². The largest absolute Gasteiger partial charge is 0.448 e. The van der Waals surface area contributed by atoms with Crippen molar-refractivity contribution in [1.29, 1.82) is 0 Å². The third-order valence-electron chi connectivity index (χ3n) is 4.20. The van der Waals surface area contributed by atoms with Gasteiger partial charge in [0.05, 0.1) is 28.0 Å². The van der Waals surface area contributed by atoms with E-state index in [1.807, 2.05) is 17.5 Å². The summed E-state index contributed by atoms with van der Waals surface area (Å²) in [6.45, 7) is 3.86. The molecule has 0 spiro atoms. The lowest BCUT2D eigenvalue weighted by Gasteiger charge is -2.13. The molecule has 0 saturated carbocycles. The first-order chi connectivity index (χ1) is 15.3. The SMILES string of the molecule is C.CCOC(=O)N=S(C)(=O)c1ccc(Nc2ncc(-c3cccs3)c(NC[C@H](C)O)n2)cc1. The fraction of sp³-hybridized carbons (Fsp3) is 0.318. The second-order valence-electron chi connectivity index (χ2n) is 6.91. The van der Waals surface area contributed by atoms with Gasteiger partial charge in [-0.1, -0.05) is 13.5 Å². The van der Waals surface area contributed by atoms with Crippen LogP contribution in [0.2, 0.25) is 0 Å². The van der Waals surface area contributed by atoms with Crippen LogP contribution < -0.4 is 10.6 Å². The van der Waals surface area contributed by atoms with Crippen molar-refractivity contribution in [2.45, 2.75) is 32.3 Å². The number of carbonyl (C=O) groups excluding carboxylic acids is 1. The zero-order valence-electron chi connectivity index (χ0n) is 17.9. The number of amides is 1. The molecule has 1 amide bonds. The molecule has 1 aromatic carbocycles. The number of hydrogen-bond acceptors (Lipinski definition) is 9. The molecule has 0 saturated heterocycles. The van der Waals surface area contributed by atoms with Crippen LogP contribution in [0.3, 0.4) is 0 Å². The number of nitrogens with zero attached hydrogens (tertiary/aromatic N) is 3. The molecule has 2 aromatic heterocycles. The summed E-state index contributed by atoms with van der Waals surface area (Å²) in [5, 5.41) is 17.9. The Morgan fingerprint density at radius 3 is 2.64 bits per heavy atom. The van der Waals surface area contributed by atoms with E-state index in [2.05, 4.69) is 25.0 Å². The topological polar surface area (TPSA) is 126 Å². The molecule has 3 rings (SSSR count). The first kappa shape index (κ1) is 26.2. The van der Waals surface area contributed by atoms with Crippen molar-refractivity contribution in [2.24, 2.45) is 4.36 Å². The Hall–Kier alpha value is -3.02.